The molecule has 0 fully saturated rings. The monoisotopic (exact) mass is 360 g/mol. The predicted molar refractivity (Wildman–Crippen MR) is 96.7 cm³/mol. The quantitative estimate of drug-likeness (QED) is 0.822. The van der Waals surface area contributed by atoms with Crippen molar-refractivity contribution in [2.75, 3.05) is 0 Å². The summed E-state index contributed by atoms with van der Waals surface area (Å²) in [5.74, 6) is 0.0199. The number of amidine groups is 2. The molecule has 0 spiro atoms. The molecular weight excluding hydrogens is 347 g/mol. The molecule has 2 aromatic carbocycles. The van der Waals surface area contributed by atoms with E-state index in [1.165, 1.54) is 0 Å². The first-order chi connectivity index (χ1) is 11.5. The molecule has 3 N–H and O–H groups in total. The number of aliphatic imine (C=N–C) groups is 2. The lowest BCUT2D eigenvalue weighted by Gasteiger charge is -2.28. The van der Waals surface area contributed by atoms with Crippen molar-refractivity contribution >= 4 is 40.8 Å². The number of carbonyl (C=O) groups is 1. The van der Waals surface area contributed by atoms with E-state index in [4.69, 9.17) is 28.9 Å². The molecule has 1 heterocycles. The third kappa shape index (κ3) is 3.00. The summed E-state index contributed by atoms with van der Waals surface area (Å²) in [5, 5.41) is 2.71. The molecule has 2 aromatic rings. The fraction of sp³-hybridized carbons (Fsp3) is 0.118. The van der Waals surface area contributed by atoms with Crippen LogP contribution >= 0.6 is 23.2 Å². The van der Waals surface area contributed by atoms with Gasteiger partial charge >= 0.3 is 0 Å². The van der Waals surface area contributed by atoms with Crippen LogP contribution in [-0.4, -0.2) is 28.1 Å². The first-order valence-corrected chi connectivity index (χ1v) is 8.06. The van der Waals surface area contributed by atoms with Crippen molar-refractivity contribution in [3.8, 4) is 0 Å². The van der Waals surface area contributed by atoms with Crippen LogP contribution in [0.2, 0.25) is 0 Å². The number of rotatable bonds is 4. The van der Waals surface area contributed by atoms with Crippen molar-refractivity contribution in [1.29, 1.82) is 0 Å². The molecule has 1 aliphatic heterocycles. The summed E-state index contributed by atoms with van der Waals surface area (Å²) < 4.78 is 0. The zero-order valence-corrected chi connectivity index (χ0v) is 14.0. The highest BCUT2D eigenvalue weighted by molar-refractivity contribution is 6.47. The summed E-state index contributed by atoms with van der Waals surface area (Å²) >= 11 is 12.2. The van der Waals surface area contributed by atoms with E-state index in [1.807, 2.05) is 36.4 Å². The van der Waals surface area contributed by atoms with Gasteiger partial charge in [0.25, 0.3) is 5.91 Å². The Morgan fingerprint density at radius 2 is 1.62 bits per heavy atom. The van der Waals surface area contributed by atoms with Gasteiger partial charge in [-0.25, -0.2) is 9.98 Å². The van der Waals surface area contributed by atoms with Crippen molar-refractivity contribution < 1.29 is 4.79 Å². The Kier molecular flexibility index (Phi) is 4.55. The molecule has 3 rings (SSSR count). The van der Waals surface area contributed by atoms with Crippen molar-refractivity contribution in [1.82, 2.24) is 5.32 Å². The number of benzene rings is 2. The third-order valence-corrected chi connectivity index (χ3v) is 4.22. The molecular formula is C17H14Cl2N4O. The SMILES string of the molecule is NC1=NC(c2ccccc2)=N[C@@]1(NC(=O)c1ccccc1)C(Cl)Cl. The number of hydrogen-bond acceptors (Lipinski definition) is 4. The van der Waals surface area contributed by atoms with Gasteiger partial charge in [0.2, 0.25) is 5.66 Å². The summed E-state index contributed by atoms with van der Waals surface area (Å²) in [5.41, 5.74) is 5.72. The van der Waals surface area contributed by atoms with Gasteiger partial charge in [0.05, 0.1) is 0 Å². The van der Waals surface area contributed by atoms with Gasteiger partial charge in [0.1, 0.15) is 0 Å². The smallest absolute Gasteiger partial charge is 0.253 e. The van der Waals surface area contributed by atoms with E-state index in [0.29, 0.717) is 11.4 Å². The molecule has 1 atom stereocenters. The Hall–Kier alpha value is -2.37. The fourth-order valence-electron chi connectivity index (χ4n) is 2.31. The molecule has 0 saturated carbocycles. The van der Waals surface area contributed by atoms with Crippen LogP contribution in [0.3, 0.4) is 0 Å². The second kappa shape index (κ2) is 6.63. The number of amides is 1. The van der Waals surface area contributed by atoms with E-state index in [-0.39, 0.29) is 5.84 Å². The van der Waals surface area contributed by atoms with Crippen LogP contribution in [0.1, 0.15) is 15.9 Å². The highest BCUT2D eigenvalue weighted by Gasteiger charge is 2.46. The molecule has 24 heavy (non-hydrogen) atoms. The summed E-state index contributed by atoms with van der Waals surface area (Å²) in [6, 6.07) is 17.9. The molecule has 0 bridgehead atoms. The normalized spacial score (nSPS) is 19.8. The van der Waals surface area contributed by atoms with Gasteiger partial charge in [-0.3, -0.25) is 4.79 Å². The maximum atomic E-state index is 12.5. The summed E-state index contributed by atoms with van der Waals surface area (Å²) in [7, 11) is 0. The van der Waals surface area contributed by atoms with Gasteiger partial charge in [0, 0.05) is 11.1 Å². The standard InChI is InChI=1S/C17H14Cl2N4O/c18-15(19)17(23-14(24)12-9-5-2-6-10-12)16(20)21-13(22-17)11-7-3-1-4-8-11/h1-10,15H,(H,23,24)(H2,20,21,22)/t17-/m1/s1. The molecule has 1 aliphatic rings. The minimum atomic E-state index is -1.50. The number of hydrogen-bond donors (Lipinski definition) is 2. The largest absolute Gasteiger partial charge is 0.383 e. The molecule has 122 valence electrons. The zero-order chi connectivity index (χ0) is 17.2. The van der Waals surface area contributed by atoms with E-state index in [2.05, 4.69) is 15.3 Å². The van der Waals surface area contributed by atoms with Crippen LogP contribution in [0.5, 0.6) is 0 Å². The highest BCUT2D eigenvalue weighted by Crippen LogP contribution is 2.28. The lowest BCUT2D eigenvalue weighted by molar-refractivity contribution is 0.0928. The first-order valence-electron chi connectivity index (χ1n) is 7.18. The lowest BCUT2D eigenvalue weighted by Crippen LogP contribution is -2.59. The number of alkyl halides is 2. The lowest BCUT2D eigenvalue weighted by atomic mass is 10.1. The number of halogens is 2. The fourth-order valence-corrected chi connectivity index (χ4v) is 2.74. The molecule has 5 nitrogen and oxygen atoms in total. The van der Waals surface area contributed by atoms with Gasteiger partial charge in [0.15, 0.2) is 16.5 Å². The van der Waals surface area contributed by atoms with Crippen molar-refractivity contribution in [3.63, 3.8) is 0 Å². The molecule has 0 aliphatic carbocycles. The maximum Gasteiger partial charge on any atom is 0.253 e. The van der Waals surface area contributed by atoms with E-state index in [9.17, 15) is 4.79 Å². The number of nitrogens with one attached hydrogen (secondary N) is 1. The van der Waals surface area contributed by atoms with E-state index in [0.717, 1.165) is 5.56 Å². The molecule has 0 saturated heterocycles. The maximum absolute atomic E-state index is 12.5. The van der Waals surface area contributed by atoms with Gasteiger partial charge < -0.3 is 11.1 Å². The van der Waals surface area contributed by atoms with Gasteiger partial charge in [-0.2, -0.15) is 0 Å². The average molecular weight is 361 g/mol. The van der Waals surface area contributed by atoms with Crippen LogP contribution in [0.4, 0.5) is 0 Å². The van der Waals surface area contributed by atoms with E-state index in [1.54, 1.807) is 24.3 Å². The van der Waals surface area contributed by atoms with Gasteiger partial charge in [-0.05, 0) is 12.1 Å². The Balaban J connectivity index is 1.96. The van der Waals surface area contributed by atoms with Gasteiger partial charge in [-0.1, -0.05) is 71.7 Å². The molecule has 0 unspecified atom stereocenters. The van der Waals surface area contributed by atoms with Crippen LogP contribution < -0.4 is 11.1 Å². The van der Waals surface area contributed by atoms with Crippen molar-refractivity contribution in [2.45, 2.75) is 10.5 Å². The topological polar surface area (TPSA) is 79.8 Å². The summed E-state index contributed by atoms with van der Waals surface area (Å²) in [6.45, 7) is 0. The molecule has 0 aromatic heterocycles. The Bertz CT molecular complexity index is 806. The summed E-state index contributed by atoms with van der Waals surface area (Å²) in [4.78, 5) is 20.1. The molecule has 7 heteroatoms. The van der Waals surface area contributed by atoms with Crippen molar-refractivity contribution in [2.24, 2.45) is 15.7 Å². The zero-order valence-electron chi connectivity index (χ0n) is 12.5. The van der Waals surface area contributed by atoms with E-state index >= 15 is 0 Å². The second-order valence-corrected chi connectivity index (χ2v) is 6.28. The average Bonchev–Trinajstić information content (AvgIpc) is 2.94. The number of nitrogens with zero attached hydrogens (tertiary/aromatic N) is 2. The summed E-state index contributed by atoms with van der Waals surface area (Å²) in [6.07, 6.45) is 0. The third-order valence-electron chi connectivity index (χ3n) is 3.59. The molecule has 0 radical (unpaired) electrons. The Morgan fingerprint density at radius 3 is 2.21 bits per heavy atom. The van der Waals surface area contributed by atoms with E-state index < -0.39 is 16.4 Å². The minimum Gasteiger partial charge on any atom is -0.383 e. The van der Waals surface area contributed by atoms with Crippen LogP contribution in [0, 0.1) is 0 Å². The van der Waals surface area contributed by atoms with Crippen LogP contribution in [-0.2, 0) is 0 Å². The molecule has 1 amide bonds. The predicted octanol–water partition coefficient (Wildman–Crippen LogP) is 2.73. The number of carbonyl (C=O) groups excluding carboxylic acids is 1. The number of nitrogens with two attached hydrogens (primary N) is 1. The Morgan fingerprint density at radius 1 is 1.04 bits per heavy atom. The van der Waals surface area contributed by atoms with Crippen molar-refractivity contribution in [3.05, 3.63) is 71.8 Å². The van der Waals surface area contributed by atoms with Crippen LogP contribution in [0.15, 0.2) is 70.6 Å². The Labute approximate surface area is 149 Å². The van der Waals surface area contributed by atoms with Gasteiger partial charge in [-0.15, -0.1) is 0 Å². The highest BCUT2D eigenvalue weighted by atomic mass is 35.5. The van der Waals surface area contributed by atoms with Crippen LogP contribution in [0.25, 0.3) is 0 Å². The second-order valence-electron chi connectivity index (χ2n) is 5.19. The first kappa shape index (κ1) is 16.5. The minimum absolute atomic E-state index is 0.0423.